The third kappa shape index (κ3) is 15.6. The van der Waals surface area contributed by atoms with Crippen LogP contribution in [0.5, 0.6) is 0 Å². The number of aromatic nitrogens is 1. The summed E-state index contributed by atoms with van der Waals surface area (Å²) in [5, 5.41) is 9.93. The number of nitrogens with one attached hydrogen (secondary N) is 4. The first-order valence-corrected chi connectivity index (χ1v) is 19.8. The van der Waals surface area contributed by atoms with Gasteiger partial charge in [0.25, 0.3) is 5.91 Å². The van der Waals surface area contributed by atoms with E-state index in [1.165, 1.54) is 14.2 Å². The molecule has 59 heavy (non-hydrogen) atoms. The van der Waals surface area contributed by atoms with Crippen LogP contribution in [0.3, 0.4) is 0 Å². The second-order valence-electron chi connectivity index (χ2n) is 17.2. The number of carbonyl (C=O) groups is 5. The highest BCUT2D eigenvalue weighted by Gasteiger charge is 2.39. The number of nitrogens with two attached hydrogens (primary N) is 1. The number of rotatable bonds is 18. The zero-order valence-corrected chi connectivity index (χ0v) is 36.0. The van der Waals surface area contributed by atoms with Crippen molar-refractivity contribution in [2.24, 2.45) is 22.5 Å². The summed E-state index contributed by atoms with van der Waals surface area (Å²) in [7, 11) is 2.42. The van der Waals surface area contributed by atoms with E-state index in [1.54, 1.807) is 52.7 Å². The summed E-state index contributed by atoms with van der Waals surface area (Å²) in [6.07, 6.45) is -0.469. The van der Waals surface area contributed by atoms with Crippen LogP contribution in [-0.4, -0.2) is 91.0 Å². The molecule has 0 saturated heterocycles. The molecule has 0 bridgehead atoms. The van der Waals surface area contributed by atoms with Gasteiger partial charge in [-0.15, -0.1) is 0 Å². The minimum atomic E-state index is -1.13. The van der Waals surface area contributed by atoms with E-state index in [9.17, 15) is 24.0 Å². The molecular formula is C44H63N7O8. The normalized spacial score (nSPS) is 14.3. The molecule has 3 rings (SSSR count). The Morgan fingerprint density at radius 3 is 1.80 bits per heavy atom. The van der Waals surface area contributed by atoms with E-state index >= 15 is 0 Å². The zero-order chi connectivity index (χ0) is 43.9. The van der Waals surface area contributed by atoms with Gasteiger partial charge in [-0.3, -0.25) is 24.8 Å². The summed E-state index contributed by atoms with van der Waals surface area (Å²) in [6, 6.07) is 18.6. The van der Waals surface area contributed by atoms with E-state index in [4.69, 9.17) is 19.9 Å². The average molecular weight is 818 g/mol. The van der Waals surface area contributed by atoms with Gasteiger partial charge in [0.05, 0.1) is 32.5 Å². The molecule has 15 heteroatoms. The predicted octanol–water partition coefficient (Wildman–Crippen LogP) is 5.14. The third-order valence-electron chi connectivity index (χ3n) is 9.48. The number of ether oxygens (including phenoxy) is 3. The maximum atomic E-state index is 14.3. The van der Waals surface area contributed by atoms with Crippen molar-refractivity contribution in [1.82, 2.24) is 31.4 Å². The van der Waals surface area contributed by atoms with Crippen molar-refractivity contribution in [3.8, 4) is 11.3 Å². The molecule has 1 aromatic heterocycles. The maximum Gasteiger partial charge on any atom is 0.407 e. The van der Waals surface area contributed by atoms with Crippen molar-refractivity contribution in [3.63, 3.8) is 0 Å². The fraction of sp³-hybridized carbons (Fsp3) is 0.500. The maximum absolute atomic E-state index is 14.3. The number of hydrazine groups is 1. The minimum Gasteiger partial charge on any atom is -0.458 e. The van der Waals surface area contributed by atoms with Gasteiger partial charge >= 0.3 is 18.2 Å². The summed E-state index contributed by atoms with van der Waals surface area (Å²) >= 11 is 0. The van der Waals surface area contributed by atoms with E-state index in [2.05, 4.69) is 26.4 Å². The van der Waals surface area contributed by atoms with Crippen molar-refractivity contribution in [3.05, 3.63) is 90.1 Å². The Kier molecular flexibility index (Phi) is 17.8. The summed E-state index contributed by atoms with van der Waals surface area (Å²) in [4.78, 5) is 71.6. The van der Waals surface area contributed by atoms with Gasteiger partial charge in [-0.05, 0) is 52.8 Å². The minimum absolute atomic E-state index is 0.0780. The van der Waals surface area contributed by atoms with Gasteiger partial charge in [0.2, 0.25) is 5.91 Å². The highest BCUT2D eigenvalue weighted by molar-refractivity contribution is 5.87. The monoisotopic (exact) mass is 817 g/mol. The lowest BCUT2D eigenvalue weighted by Gasteiger charge is -2.37. The highest BCUT2D eigenvalue weighted by atomic mass is 16.6. The number of pyridine rings is 1. The van der Waals surface area contributed by atoms with E-state index in [0.29, 0.717) is 6.42 Å². The van der Waals surface area contributed by atoms with E-state index in [-0.39, 0.29) is 25.4 Å². The largest absolute Gasteiger partial charge is 0.458 e. The molecule has 6 N–H and O–H groups in total. The van der Waals surface area contributed by atoms with Crippen LogP contribution in [-0.2, 0) is 41.6 Å². The van der Waals surface area contributed by atoms with Gasteiger partial charge in [0, 0.05) is 18.3 Å². The Morgan fingerprint density at radius 1 is 0.729 bits per heavy atom. The average Bonchev–Trinajstić information content (AvgIpc) is 3.17. The lowest BCUT2D eigenvalue weighted by molar-refractivity contribution is -0.156. The first kappa shape index (κ1) is 47.8. The zero-order valence-electron chi connectivity index (χ0n) is 36.0. The second-order valence-corrected chi connectivity index (χ2v) is 17.2. The van der Waals surface area contributed by atoms with E-state index in [1.807, 2.05) is 86.6 Å². The van der Waals surface area contributed by atoms with Crippen LogP contribution < -0.4 is 27.1 Å². The van der Waals surface area contributed by atoms with E-state index in [0.717, 1.165) is 22.4 Å². The van der Waals surface area contributed by atoms with Gasteiger partial charge in [-0.25, -0.2) is 14.6 Å². The Bertz CT molecular complexity index is 1810. The van der Waals surface area contributed by atoms with Crippen molar-refractivity contribution < 1.29 is 38.2 Å². The van der Waals surface area contributed by atoms with Crippen LogP contribution in [0.15, 0.2) is 79.0 Å². The van der Waals surface area contributed by atoms with Gasteiger partial charge < -0.3 is 35.9 Å². The van der Waals surface area contributed by atoms with Gasteiger partial charge in [-0.1, -0.05) is 116 Å². The SMILES string of the molecule is COC(=O)N[C@H](C(=O)N[C@@H](Cc1ccccc1)[C@H](CN(Cc1ccc(-c2ccccn2)cc1)NC(=O)[C@@H](NC(=O)OC)C(C)(C)C)OC(=O)[C@@H](N)CC(C)C)C(C)(C)C. The Balaban J connectivity index is 2.17. The standard InChI is InChI=1S/C44H63N7O8/c1-28(2)24-32(45)40(54)59-35(34(25-29-16-12-11-13-17-29)47-38(52)36(43(3,4)5)48-41(55)57-9)27-51(50-39(53)37(44(6,7)8)49-42(56)58-10)26-30-19-21-31(22-20-30)33-18-14-15-23-46-33/h11-23,28,32,34-37H,24-27,45H2,1-10H3,(H,47,52)(H,48,55)(H,49,56)(H,50,53)/t32-,34-,35-,36+,37+/m0/s1. The molecule has 0 aliphatic rings. The van der Waals surface area contributed by atoms with Gasteiger partial charge in [0.15, 0.2) is 0 Å². The molecule has 2 aromatic carbocycles. The molecule has 0 aliphatic heterocycles. The number of hydrogen-bond donors (Lipinski definition) is 5. The fourth-order valence-corrected chi connectivity index (χ4v) is 6.32. The van der Waals surface area contributed by atoms with Gasteiger partial charge in [-0.2, -0.15) is 0 Å². The van der Waals surface area contributed by atoms with Crippen LogP contribution in [0.4, 0.5) is 9.59 Å². The molecule has 0 fully saturated rings. The van der Waals surface area contributed by atoms with Crippen LogP contribution >= 0.6 is 0 Å². The molecule has 4 amide bonds. The molecule has 15 nitrogen and oxygen atoms in total. The van der Waals surface area contributed by atoms with Crippen molar-refractivity contribution in [1.29, 1.82) is 0 Å². The molecule has 0 saturated carbocycles. The molecule has 0 radical (unpaired) electrons. The molecule has 0 aliphatic carbocycles. The van der Waals surface area contributed by atoms with Crippen LogP contribution in [0.2, 0.25) is 0 Å². The first-order valence-electron chi connectivity index (χ1n) is 19.8. The highest BCUT2D eigenvalue weighted by Crippen LogP contribution is 2.23. The van der Waals surface area contributed by atoms with Crippen molar-refractivity contribution in [2.45, 2.75) is 105 Å². The molecule has 3 aromatic rings. The number of methoxy groups -OCH3 is 2. The summed E-state index contributed by atoms with van der Waals surface area (Å²) in [5.41, 5.74) is 11.1. The summed E-state index contributed by atoms with van der Waals surface area (Å²) in [6.45, 7) is 14.6. The number of esters is 1. The van der Waals surface area contributed by atoms with Crippen LogP contribution in [0.25, 0.3) is 11.3 Å². The van der Waals surface area contributed by atoms with Crippen molar-refractivity contribution in [2.75, 3.05) is 20.8 Å². The Morgan fingerprint density at radius 2 is 1.29 bits per heavy atom. The smallest absolute Gasteiger partial charge is 0.407 e. The molecule has 1 heterocycles. The number of hydrogen-bond acceptors (Lipinski definition) is 11. The quantitative estimate of drug-likeness (QED) is 0.0647. The summed E-state index contributed by atoms with van der Waals surface area (Å²) in [5.74, 6) is -1.73. The molecule has 0 spiro atoms. The van der Waals surface area contributed by atoms with Crippen LogP contribution in [0, 0.1) is 16.7 Å². The molecular weight excluding hydrogens is 755 g/mol. The third-order valence-corrected chi connectivity index (χ3v) is 9.48. The van der Waals surface area contributed by atoms with Gasteiger partial charge in [0.1, 0.15) is 24.2 Å². The molecule has 0 unspecified atom stereocenters. The molecule has 322 valence electrons. The fourth-order valence-electron chi connectivity index (χ4n) is 6.32. The Labute approximate surface area is 348 Å². The number of amides is 4. The first-order chi connectivity index (χ1) is 27.7. The van der Waals surface area contributed by atoms with Crippen molar-refractivity contribution >= 4 is 30.0 Å². The number of benzene rings is 2. The topological polar surface area (TPSA) is 203 Å². The predicted molar refractivity (Wildman–Crippen MR) is 225 cm³/mol. The lowest BCUT2D eigenvalue weighted by atomic mass is 9.85. The van der Waals surface area contributed by atoms with Crippen LogP contribution in [0.1, 0.15) is 72.9 Å². The van der Waals surface area contributed by atoms with E-state index < -0.39 is 71.1 Å². The second kappa shape index (κ2) is 22.0. The summed E-state index contributed by atoms with van der Waals surface area (Å²) < 4.78 is 16.0. The molecule has 5 atom stereocenters. The lowest BCUT2D eigenvalue weighted by Crippen LogP contribution is -2.61. The number of nitrogens with zero attached hydrogens (tertiary/aromatic N) is 2. The Hall–Kier alpha value is -5.54. The number of alkyl carbamates (subject to hydrolysis) is 2. The number of carbonyl (C=O) groups excluding carboxylic acids is 5.